The molecule has 0 bridgehead atoms. The number of para-hydroxylation sites is 1. The van der Waals surface area contributed by atoms with Crippen molar-refractivity contribution >= 4 is 45.8 Å². The van der Waals surface area contributed by atoms with E-state index < -0.39 is 0 Å². The second-order valence-electron chi connectivity index (χ2n) is 8.27. The van der Waals surface area contributed by atoms with Gasteiger partial charge in [0.25, 0.3) is 11.8 Å². The maximum absolute atomic E-state index is 13.6. The molecule has 1 aliphatic rings. The third kappa shape index (κ3) is 4.51. The van der Waals surface area contributed by atoms with E-state index in [0.717, 1.165) is 37.9 Å². The summed E-state index contributed by atoms with van der Waals surface area (Å²) in [5.74, 6) is 1.66. The Morgan fingerprint density at radius 2 is 2.00 bits per heavy atom. The van der Waals surface area contributed by atoms with Gasteiger partial charge in [-0.25, -0.2) is 4.98 Å². The van der Waals surface area contributed by atoms with Crippen LogP contribution in [-0.2, 0) is 7.05 Å². The van der Waals surface area contributed by atoms with Crippen LogP contribution in [0.15, 0.2) is 48.5 Å². The minimum atomic E-state index is -0.243. The van der Waals surface area contributed by atoms with Gasteiger partial charge in [-0.1, -0.05) is 30.3 Å². The third-order valence-corrected chi connectivity index (χ3v) is 8.08. The zero-order valence-electron chi connectivity index (χ0n) is 19.6. The summed E-state index contributed by atoms with van der Waals surface area (Å²) in [5.41, 5.74) is 2.63. The molecule has 2 amide bonds. The first-order valence-corrected chi connectivity index (χ1v) is 13.1. The summed E-state index contributed by atoms with van der Waals surface area (Å²) < 4.78 is 7.06. The molecule has 0 unspecified atom stereocenters. The molecule has 3 heterocycles. The number of ether oxygens (including phenoxy) is 1. The van der Waals surface area contributed by atoms with Gasteiger partial charge in [-0.2, -0.15) is 5.10 Å². The van der Waals surface area contributed by atoms with Crippen LogP contribution in [0.25, 0.3) is 21.3 Å². The lowest BCUT2D eigenvalue weighted by Gasteiger charge is -2.23. The van der Waals surface area contributed by atoms with Crippen molar-refractivity contribution in [2.24, 2.45) is 7.05 Å². The number of nitrogens with zero attached hydrogens (tertiary/aromatic N) is 4. The summed E-state index contributed by atoms with van der Waals surface area (Å²) >= 11 is 3.16. The van der Waals surface area contributed by atoms with Gasteiger partial charge in [0.15, 0.2) is 5.69 Å². The van der Waals surface area contributed by atoms with Crippen molar-refractivity contribution in [3.05, 3.63) is 64.9 Å². The van der Waals surface area contributed by atoms with E-state index in [9.17, 15) is 9.59 Å². The predicted octanol–water partition coefficient (Wildman–Crippen LogP) is 3.96. The summed E-state index contributed by atoms with van der Waals surface area (Å²) in [5, 5.41) is 9.02. The van der Waals surface area contributed by atoms with Crippen LogP contribution >= 0.6 is 23.1 Å². The fourth-order valence-corrected chi connectivity index (χ4v) is 6.33. The van der Waals surface area contributed by atoms with Gasteiger partial charge in [-0.15, -0.1) is 23.1 Å². The van der Waals surface area contributed by atoms with Crippen molar-refractivity contribution < 1.29 is 14.3 Å². The lowest BCUT2D eigenvalue weighted by Crippen LogP contribution is -2.44. The number of hydrogen-bond donors (Lipinski definition) is 1. The largest absolute Gasteiger partial charge is 0.497 e. The first-order chi connectivity index (χ1) is 17.0. The minimum Gasteiger partial charge on any atom is -0.497 e. The van der Waals surface area contributed by atoms with E-state index in [1.54, 1.807) is 28.5 Å². The Morgan fingerprint density at radius 1 is 1.17 bits per heavy atom. The van der Waals surface area contributed by atoms with Gasteiger partial charge < -0.3 is 15.0 Å². The first kappa shape index (κ1) is 23.4. The number of carbonyl (C=O) groups excluding carboxylic acids is 2. The second-order valence-corrected chi connectivity index (χ2v) is 10.5. The van der Waals surface area contributed by atoms with Crippen LogP contribution in [0.3, 0.4) is 0 Å². The van der Waals surface area contributed by atoms with Crippen LogP contribution in [-0.4, -0.2) is 62.8 Å². The van der Waals surface area contributed by atoms with Gasteiger partial charge in [0.05, 0.1) is 34.4 Å². The molecule has 1 fully saturated rings. The van der Waals surface area contributed by atoms with E-state index in [1.807, 2.05) is 62.5 Å². The van der Waals surface area contributed by atoms with E-state index in [2.05, 4.69) is 15.4 Å². The smallest absolute Gasteiger partial charge is 0.275 e. The fourth-order valence-electron chi connectivity index (χ4n) is 4.22. The molecule has 2 aromatic heterocycles. The molecule has 180 valence electrons. The zero-order chi connectivity index (χ0) is 24.5. The highest BCUT2D eigenvalue weighted by molar-refractivity contribution is 7.99. The van der Waals surface area contributed by atoms with Gasteiger partial charge in [0.2, 0.25) is 0 Å². The molecule has 10 heteroatoms. The van der Waals surface area contributed by atoms with E-state index in [4.69, 9.17) is 4.74 Å². The Kier molecular flexibility index (Phi) is 6.48. The van der Waals surface area contributed by atoms with Crippen LogP contribution in [0.1, 0.15) is 26.0 Å². The standard InChI is InChI=1S/C25H25N5O3S2/c1-15-27-22(23(35-15)16-7-6-8-18(11-16)33-3)25(32)30-14-34-13-17(30)12-26-24(31)21-19-9-4-5-10-20(19)29(2)28-21/h4-11,17H,12-14H2,1-3H3,(H,26,31)/t17-/m1/s1. The Bertz CT molecular complexity index is 1410. The summed E-state index contributed by atoms with van der Waals surface area (Å²) in [6.07, 6.45) is 0. The summed E-state index contributed by atoms with van der Waals surface area (Å²) in [7, 11) is 3.44. The Hall–Kier alpha value is -3.37. The van der Waals surface area contributed by atoms with Gasteiger partial charge in [0.1, 0.15) is 11.4 Å². The number of aryl methyl sites for hydroxylation is 2. The first-order valence-electron chi connectivity index (χ1n) is 11.2. The molecule has 1 atom stereocenters. The van der Waals surface area contributed by atoms with Crippen molar-refractivity contribution in [2.75, 3.05) is 25.3 Å². The summed E-state index contributed by atoms with van der Waals surface area (Å²) in [6.45, 7) is 2.25. The predicted molar refractivity (Wildman–Crippen MR) is 139 cm³/mol. The number of fused-ring (bicyclic) bond motifs is 1. The van der Waals surface area contributed by atoms with Crippen molar-refractivity contribution in [3.8, 4) is 16.2 Å². The SMILES string of the molecule is COc1cccc(-c2sc(C)nc2C(=O)N2CSC[C@H]2CNC(=O)c2nn(C)c3ccccc23)c1. The van der Waals surface area contributed by atoms with Crippen LogP contribution < -0.4 is 10.1 Å². The highest BCUT2D eigenvalue weighted by atomic mass is 32.2. The maximum Gasteiger partial charge on any atom is 0.275 e. The second kappa shape index (κ2) is 9.71. The zero-order valence-corrected chi connectivity index (χ0v) is 21.3. The summed E-state index contributed by atoms with van der Waals surface area (Å²) in [4.78, 5) is 33.8. The molecule has 1 saturated heterocycles. The molecule has 0 aliphatic carbocycles. The highest BCUT2D eigenvalue weighted by Crippen LogP contribution is 2.34. The van der Waals surface area contributed by atoms with Crippen molar-refractivity contribution in [2.45, 2.75) is 13.0 Å². The molecule has 8 nitrogen and oxygen atoms in total. The molecule has 1 aliphatic heterocycles. The number of thioether (sulfide) groups is 1. The normalized spacial score (nSPS) is 15.5. The maximum atomic E-state index is 13.6. The number of aromatic nitrogens is 3. The van der Waals surface area contributed by atoms with Gasteiger partial charge in [-0.05, 0) is 30.7 Å². The highest BCUT2D eigenvalue weighted by Gasteiger charge is 2.33. The molecule has 0 spiro atoms. The molecule has 1 N–H and O–H groups in total. The molecule has 5 rings (SSSR count). The van der Waals surface area contributed by atoms with Gasteiger partial charge >= 0.3 is 0 Å². The molecular weight excluding hydrogens is 482 g/mol. The lowest BCUT2D eigenvalue weighted by molar-refractivity contribution is 0.0731. The quantitative estimate of drug-likeness (QED) is 0.425. The number of benzene rings is 2. The monoisotopic (exact) mass is 507 g/mol. The number of carbonyl (C=O) groups is 2. The Labute approximate surface area is 211 Å². The number of methoxy groups -OCH3 is 1. The number of hydrogen-bond acceptors (Lipinski definition) is 7. The van der Waals surface area contributed by atoms with Crippen LogP contribution in [0.2, 0.25) is 0 Å². The number of nitrogens with one attached hydrogen (secondary N) is 1. The average molecular weight is 508 g/mol. The topological polar surface area (TPSA) is 89.3 Å². The molecule has 0 radical (unpaired) electrons. The average Bonchev–Trinajstić information content (AvgIpc) is 3.59. The minimum absolute atomic E-state index is 0.125. The van der Waals surface area contributed by atoms with Crippen LogP contribution in [0.4, 0.5) is 0 Å². The molecule has 0 saturated carbocycles. The van der Waals surface area contributed by atoms with Crippen molar-refractivity contribution in [1.29, 1.82) is 0 Å². The van der Waals surface area contributed by atoms with Crippen LogP contribution in [0, 0.1) is 6.92 Å². The number of amides is 2. The number of rotatable bonds is 6. The third-order valence-electron chi connectivity index (χ3n) is 5.98. The molecule has 2 aromatic carbocycles. The lowest BCUT2D eigenvalue weighted by atomic mass is 10.1. The van der Waals surface area contributed by atoms with E-state index in [1.165, 1.54) is 11.3 Å². The number of thiazole rings is 1. The van der Waals surface area contributed by atoms with E-state index in [-0.39, 0.29) is 17.9 Å². The fraction of sp³-hybridized carbons (Fsp3) is 0.280. The molecular formula is C25H25N5O3S2. The van der Waals surface area contributed by atoms with E-state index >= 15 is 0 Å². The Morgan fingerprint density at radius 3 is 2.83 bits per heavy atom. The molecule has 35 heavy (non-hydrogen) atoms. The van der Waals surface area contributed by atoms with Gasteiger partial charge in [-0.3, -0.25) is 14.3 Å². The Balaban J connectivity index is 1.34. The van der Waals surface area contributed by atoms with Crippen LogP contribution in [0.5, 0.6) is 5.75 Å². The molecule has 4 aromatic rings. The van der Waals surface area contributed by atoms with Crippen molar-refractivity contribution in [1.82, 2.24) is 25.0 Å². The van der Waals surface area contributed by atoms with E-state index in [0.29, 0.717) is 23.8 Å². The van der Waals surface area contributed by atoms with Gasteiger partial charge in [0, 0.05) is 24.7 Å². The summed E-state index contributed by atoms with van der Waals surface area (Å²) in [6, 6.07) is 15.2. The van der Waals surface area contributed by atoms with Crippen molar-refractivity contribution in [3.63, 3.8) is 0 Å².